The first-order chi connectivity index (χ1) is 3.55. The number of hydrogen-bond donors (Lipinski definition) is 1. The lowest BCUT2D eigenvalue weighted by molar-refractivity contribution is 0.582. The molecule has 0 heterocycles. The normalized spacial score (nSPS) is 15.1. The maximum Gasteiger partial charge on any atom is 0.142 e. The molecule has 0 rings (SSSR count). The molecule has 2 nitrogen and oxygen atoms in total. The van der Waals surface area contributed by atoms with Crippen molar-refractivity contribution in [1.82, 2.24) is 0 Å². The predicted molar refractivity (Wildman–Crippen MR) is 34.3 cm³/mol. The van der Waals surface area contributed by atoms with Gasteiger partial charge in [-0.15, -0.1) is 0 Å². The average molecular weight is 135 g/mol. The van der Waals surface area contributed by atoms with Crippen molar-refractivity contribution >= 4 is 10.7 Å². The van der Waals surface area contributed by atoms with Crippen molar-refractivity contribution in [2.75, 3.05) is 0 Å². The van der Waals surface area contributed by atoms with Crippen molar-refractivity contribution in [3.63, 3.8) is 0 Å². The lowest BCUT2D eigenvalue weighted by Crippen LogP contribution is -2.11. The van der Waals surface area contributed by atoms with Gasteiger partial charge in [-0.3, -0.25) is 0 Å². The van der Waals surface area contributed by atoms with E-state index in [0.29, 0.717) is 0 Å². The molecule has 0 saturated carbocycles. The van der Waals surface area contributed by atoms with Crippen LogP contribution in [-0.2, 0) is 10.7 Å². The smallest absolute Gasteiger partial charge is 0.142 e. The predicted octanol–water partition coefficient (Wildman–Crippen LogP) is 0.456. The molecule has 0 aliphatic carbocycles. The van der Waals surface area contributed by atoms with Crippen molar-refractivity contribution in [1.29, 1.82) is 0 Å². The van der Waals surface area contributed by atoms with Crippen molar-refractivity contribution in [3.8, 4) is 0 Å². The second kappa shape index (κ2) is 3.07. The molecular weight excluding hydrogens is 124 g/mol. The standard InChI is InChI=1S/C5H11O2S/c1-4(2)5(3)8(6)7/h4-5,8H,1H2,2-3H3. The van der Waals surface area contributed by atoms with E-state index in [0.717, 1.165) is 0 Å². The van der Waals surface area contributed by atoms with Crippen LogP contribution in [-0.4, -0.2) is 13.7 Å². The Bertz CT molecular complexity index is 118. The van der Waals surface area contributed by atoms with Gasteiger partial charge in [0.1, 0.15) is 10.7 Å². The van der Waals surface area contributed by atoms with E-state index in [1.54, 1.807) is 13.8 Å². The molecule has 0 bridgehead atoms. The van der Waals surface area contributed by atoms with Gasteiger partial charge < -0.3 is 0 Å². The van der Waals surface area contributed by atoms with Gasteiger partial charge in [0.15, 0.2) is 0 Å². The summed E-state index contributed by atoms with van der Waals surface area (Å²) in [7, 11) is -2.26. The molecule has 0 aromatic rings. The van der Waals surface area contributed by atoms with Crippen LogP contribution < -0.4 is 0 Å². The van der Waals surface area contributed by atoms with E-state index >= 15 is 0 Å². The van der Waals surface area contributed by atoms with E-state index in [4.69, 9.17) is 0 Å². The molecule has 8 heavy (non-hydrogen) atoms. The number of rotatable bonds is 2. The second-order valence-corrected chi connectivity index (χ2v) is 3.39. The third kappa shape index (κ3) is 2.31. The molecule has 2 unspecified atom stereocenters. The van der Waals surface area contributed by atoms with Crippen LogP contribution in [0.3, 0.4) is 0 Å². The number of thiol groups is 1. The first-order valence-corrected chi connectivity index (χ1v) is 3.77. The zero-order valence-corrected chi connectivity index (χ0v) is 6.02. The van der Waals surface area contributed by atoms with Gasteiger partial charge in [-0.1, -0.05) is 6.92 Å². The maximum atomic E-state index is 10.1. The Kier molecular flexibility index (Phi) is 3.05. The van der Waals surface area contributed by atoms with Gasteiger partial charge >= 0.3 is 0 Å². The molecule has 0 amide bonds. The summed E-state index contributed by atoms with van der Waals surface area (Å²) >= 11 is 0. The SMILES string of the molecule is [CH2]C(C)C(C)[SH](=O)=O. The van der Waals surface area contributed by atoms with Crippen LogP contribution in [0.5, 0.6) is 0 Å². The Labute approximate surface area is 51.9 Å². The minimum Gasteiger partial charge on any atom is -0.232 e. The summed E-state index contributed by atoms with van der Waals surface area (Å²) in [5.41, 5.74) is 0. The summed E-state index contributed by atoms with van der Waals surface area (Å²) in [5.74, 6) is -0.00360. The van der Waals surface area contributed by atoms with E-state index in [1.807, 2.05) is 0 Å². The Morgan fingerprint density at radius 3 is 1.75 bits per heavy atom. The summed E-state index contributed by atoms with van der Waals surface area (Å²) in [5, 5.41) is -0.287. The molecule has 1 radical (unpaired) electrons. The minimum atomic E-state index is -2.26. The van der Waals surface area contributed by atoms with Gasteiger partial charge in [0.25, 0.3) is 0 Å². The summed E-state index contributed by atoms with van der Waals surface area (Å²) in [6.45, 7) is 7.02. The molecule has 0 spiro atoms. The maximum absolute atomic E-state index is 10.1. The topological polar surface area (TPSA) is 34.1 Å². The van der Waals surface area contributed by atoms with Gasteiger partial charge in [0, 0.05) is 0 Å². The Morgan fingerprint density at radius 1 is 1.38 bits per heavy atom. The molecule has 0 fully saturated rings. The highest BCUT2D eigenvalue weighted by Gasteiger charge is 2.07. The molecule has 0 aliphatic heterocycles. The third-order valence-corrected chi connectivity index (χ3v) is 2.33. The van der Waals surface area contributed by atoms with Gasteiger partial charge in [0.2, 0.25) is 0 Å². The van der Waals surface area contributed by atoms with Crippen LogP contribution in [0.25, 0.3) is 0 Å². The highest BCUT2D eigenvalue weighted by molar-refractivity contribution is 7.73. The summed E-state index contributed by atoms with van der Waals surface area (Å²) < 4.78 is 20.3. The number of hydrogen-bond acceptors (Lipinski definition) is 2. The van der Waals surface area contributed by atoms with Gasteiger partial charge in [-0.2, -0.15) is 0 Å². The Balaban J connectivity index is 3.83. The fourth-order valence-corrected chi connectivity index (χ4v) is 0.623. The molecule has 49 valence electrons. The average Bonchev–Trinajstić information content (AvgIpc) is 1.64. The first kappa shape index (κ1) is 7.95. The molecule has 0 saturated heterocycles. The molecular formula is C5H11O2S. The largest absolute Gasteiger partial charge is 0.232 e. The van der Waals surface area contributed by atoms with Crippen LogP contribution in [0.1, 0.15) is 13.8 Å². The quantitative estimate of drug-likeness (QED) is 0.558. The molecule has 0 aromatic carbocycles. The second-order valence-electron chi connectivity index (χ2n) is 2.00. The zero-order valence-electron chi connectivity index (χ0n) is 5.13. The zero-order chi connectivity index (χ0) is 6.73. The van der Waals surface area contributed by atoms with Crippen molar-refractivity contribution in [2.45, 2.75) is 19.1 Å². The molecule has 0 N–H and O–H groups in total. The third-order valence-electron chi connectivity index (χ3n) is 1.16. The molecule has 3 heteroatoms. The summed E-state index contributed by atoms with van der Waals surface area (Å²) in [6.07, 6.45) is 0. The Morgan fingerprint density at radius 2 is 1.75 bits per heavy atom. The highest BCUT2D eigenvalue weighted by atomic mass is 32.2. The van der Waals surface area contributed by atoms with Gasteiger partial charge in [-0.25, -0.2) is 8.42 Å². The lowest BCUT2D eigenvalue weighted by Gasteiger charge is -2.04. The minimum absolute atomic E-state index is 0.00360. The van der Waals surface area contributed by atoms with E-state index in [1.165, 1.54) is 0 Å². The lowest BCUT2D eigenvalue weighted by atomic mass is 10.2. The van der Waals surface area contributed by atoms with Crippen molar-refractivity contribution < 1.29 is 8.42 Å². The molecule has 2 atom stereocenters. The van der Waals surface area contributed by atoms with Crippen LogP contribution in [0.4, 0.5) is 0 Å². The fourth-order valence-electron chi connectivity index (χ4n) is 0.208. The highest BCUT2D eigenvalue weighted by Crippen LogP contribution is 2.01. The summed E-state index contributed by atoms with van der Waals surface area (Å²) in [4.78, 5) is 0. The van der Waals surface area contributed by atoms with Gasteiger partial charge in [-0.05, 0) is 19.8 Å². The van der Waals surface area contributed by atoms with E-state index < -0.39 is 10.7 Å². The van der Waals surface area contributed by atoms with Crippen molar-refractivity contribution in [3.05, 3.63) is 6.92 Å². The summed E-state index contributed by atoms with van der Waals surface area (Å²) in [6, 6.07) is 0. The molecule has 0 aromatic heterocycles. The first-order valence-electron chi connectivity index (χ1n) is 2.52. The van der Waals surface area contributed by atoms with Crippen LogP contribution >= 0.6 is 0 Å². The van der Waals surface area contributed by atoms with Crippen LogP contribution in [0.15, 0.2) is 0 Å². The van der Waals surface area contributed by atoms with Crippen LogP contribution in [0.2, 0.25) is 0 Å². The fraction of sp³-hybridized carbons (Fsp3) is 0.800. The van der Waals surface area contributed by atoms with E-state index in [9.17, 15) is 8.42 Å². The Hall–Kier alpha value is -0.0500. The van der Waals surface area contributed by atoms with E-state index in [-0.39, 0.29) is 11.2 Å². The van der Waals surface area contributed by atoms with E-state index in [2.05, 4.69) is 6.92 Å². The van der Waals surface area contributed by atoms with Crippen molar-refractivity contribution in [2.24, 2.45) is 5.92 Å². The molecule has 0 aliphatic rings. The monoisotopic (exact) mass is 135 g/mol. The van der Waals surface area contributed by atoms with Crippen LogP contribution in [0, 0.1) is 12.8 Å². The van der Waals surface area contributed by atoms with Gasteiger partial charge in [0.05, 0.1) is 5.25 Å².